The summed E-state index contributed by atoms with van der Waals surface area (Å²) in [5, 5.41) is 2.75. The largest absolute Gasteiger partial charge is 0.330 e. The molecule has 0 bridgehead atoms. The monoisotopic (exact) mass is 347 g/mol. The van der Waals surface area contributed by atoms with Gasteiger partial charge in [-0.05, 0) is 35.7 Å². The molecule has 5 aromatic rings. The number of rotatable bonds is 1. The summed E-state index contributed by atoms with van der Waals surface area (Å²) in [4.78, 5) is 4.58. The Morgan fingerprint density at radius 3 is 2.58 bits per heavy atom. The molecule has 3 aromatic heterocycles. The number of aryl methyl sites for hydroxylation is 2. The summed E-state index contributed by atoms with van der Waals surface area (Å²) in [5.41, 5.74) is 2.48. The third-order valence-electron chi connectivity index (χ3n) is 4.50. The van der Waals surface area contributed by atoms with Crippen LogP contribution in [0.2, 0.25) is 0 Å². The molecule has 0 saturated carbocycles. The molecule has 0 spiro atoms. The van der Waals surface area contributed by atoms with Crippen LogP contribution in [0.4, 0.5) is 0 Å². The third-order valence-corrected chi connectivity index (χ3v) is 7.02. The molecule has 4 heteroatoms. The van der Waals surface area contributed by atoms with Crippen LogP contribution >= 0.6 is 22.7 Å². The molecule has 2 nitrogen and oxygen atoms in total. The van der Waals surface area contributed by atoms with Gasteiger partial charge in [-0.1, -0.05) is 18.2 Å². The first-order valence-corrected chi connectivity index (χ1v) is 9.51. The smallest absolute Gasteiger partial charge is 0.233 e. The average Bonchev–Trinajstić information content (AvgIpc) is 3.11. The number of aromatic nitrogens is 2. The number of thiophene rings is 2. The van der Waals surface area contributed by atoms with Gasteiger partial charge in [0.2, 0.25) is 0 Å². The van der Waals surface area contributed by atoms with E-state index in [2.05, 4.69) is 52.9 Å². The molecular formula is C20H15N2S2+. The number of fused-ring (bicyclic) bond motifs is 5. The van der Waals surface area contributed by atoms with Crippen molar-refractivity contribution in [2.24, 2.45) is 7.05 Å². The zero-order valence-electron chi connectivity index (χ0n) is 13.4. The van der Waals surface area contributed by atoms with Gasteiger partial charge in [-0.3, -0.25) is 0 Å². The summed E-state index contributed by atoms with van der Waals surface area (Å²) in [6.45, 7) is 2.18. The summed E-state index contributed by atoms with van der Waals surface area (Å²) >= 11 is 3.80. The Balaban J connectivity index is 1.85. The van der Waals surface area contributed by atoms with Crippen LogP contribution in [0.3, 0.4) is 0 Å². The predicted octanol–water partition coefficient (Wildman–Crippen LogP) is 5.46. The Morgan fingerprint density at radius 1 is 0.917 bits per heavy atom. The van der Waals surface area contributed by atoms with Crippen molar-refractivity contribution in [3.05, 3.63) is 60.4 Å². The van der Waals surface area contributed by atoms with Gasteiger partial charge >= 0.3 is 5.82 Å². The van der Waals surface area contributed by atoms with E-state index in [0.717, 1.165) is 5.82 Å². The van der Waals surface area contributed by atoms with Gasteiger partial charge in [-0.15, -0.1) is 22.7 Å². The molecule has 0 saturated heterocycles. The topological polar surface area (TPSA) is 16.8 Å². The first-order chi connectivity index (χ1) is 11.7. The fraction of sp³-hybridized carbons (Fsp3) is 0.100. The van der Waals surface area contributed by atoms with Gasteiger partial charge in [0.15, 0.2) is 0 Å². The van der Waals surface area contributed by atoms with Crippen molar-refractivity contribution >= 4 is 52.2 Å². The van der Waals surface area contributed by atoms with Crippen molar-refractivity contribution in [1.29, 1.82) is 0 Å². The van der Waals surface area contributed by atoms with Gasteiger partial charge in [0.05, 0.1) is 28.2 Å². The SMILES string of the molecule is Cc1cc2c(cc1-c1nccc[n+]1C)sc1c3ccccc3sc21. The zero-order chi connectivity index (χ0) is 16.3. The summed E-state index contributed by atoms with van der Waals surface area (Å²) in [5.74, 6) is 1.01. The maximum absolute atomic E-state index is 4.58. The molecule has 0 N–H and O–H groups in total. The highest BCUT2D eigenvalue weighted by molar-refractivity contribution is 7.36. The Hall–Kier alpha value is -2.30. The van der Waals surface area contributed by atoms with Crippen LogP contribution in [0.5, 0.6) is 0 Å². The quantitative estimate of drug-likeness (QED) is 0.368. The second-order valence-corrected chi connectivity index (χ2v) is 8.18. The van der Waals surface area contributed by atoms with Crippen LogP contribution in [0.15, 0.2) is 54.9 Å². The Morgan fingerprint density at radius 2 is 1.71 bits per heavy atom. The molecule has 3 heterocycles. The third kappa shape index (κ3) is 1.93. The van der Waals surface area contributed by atoms with Gasteiger partial charge < -0.3 is 0 Å². The normalized spacial score (nSPS) is 11.8. The van der Waals surface area contributed by atoms with Crippen molar-refractivity contribution < 1.29 is 4.57 Å². The highest BCUT2D eigenvalue weighted by Gasteiger charge is 2.18. The van der Waals surface area contributed by atoms with Crippen LogP contribution < -0.4 is 4.57 Å². The second-order valence-electron chi connectivity index (χ2n) is 6.08. The van der Waals surface area contributed by atoms with Crippen molar-refractivity contribution in [3.8, 4) is 11.4 Å². The lowest BCUT2D eigenvalue weighted by atomic mass is 10.1. The van der Waals surface area contributed by atoms with Gasteiger partial charge in [0, 0.05) is 26.2 Å². The molecule has 0 atom stereocenters. The number of benzene rings is 2. The second kappa shape index (κ2) is 5.10. The van der Waals surface area contributed by atoms with Crippen LogP contribution in [0.1, 0.15) is 5.56 Å². The molecule has 116 valence electrons. The van der Waals surface area contributed by atoms with E-state index in [4.69, 9.17) is 0 Å². The van der Waals surface area contributed by atoms with Gasteiger partial charge in [0.25, 0.3) is 0 Å². The fourth-order valence-corrected chi connectivity index (χ4v) is 5.97. The lowest BCUT2D eigenvalue weighted by Crippen LogP contribution is -2.31. The standard InChI is InChI=1S/C20H15N2S2/c1-12-10-15-17(11-14(12)20-21-8-5-9-22(20)2)24-18-13-6-3-4-7-16(13)23-19(15)18/h3-11H,1-2H3/q+1. The molecule has 0 radical (unpaired) electrons. The molecule has 5 rings (SSSR count). The van der Waals surface area contributed by atoms with Crippen molar-refractivity contribution in [3.63, 3.8) is 0 Å². The molecule has 2 aromatic carbocycles. The van der Waals surface area contributed by atoms with E-state index in [0.29, 0.717) is 0 Å². The minimum Gasteiger partial charge on any atom is -0.233 e. The first-order valence-electron chi connectivity index (χ1n) is 7.88. The van der Waals surface area contributed by atoms with E-state index in [1.54, 1.807) is 0 Å². The summed E-state index contributed by atoms with van der Waals surface area (Å²) in [6, 6.07) is 15.3. The van der Waals surface area contributed by atoms with E-state index < -0.39 is 0 Å². The highest BCUT2D eigenvalue weighted by Crippen LogP contribution is 2.45. The summed E-state index contributed by atoms with van der Waals surface area (Å²) < 4.78 is 7.62. The molecule has 24 heavy (non-hydrogen) atoms. The van der Waals surface area contributed by atoms with Crippen molar-refractivity contribution in [1.82, 2.24) is 4.98 Å². The molecule has 0 fully saturated rings. The summed E-state index contributed by atoms with van der Waals surface area (Å²) in [6.07, 6.45) is 3.91. The van der Waals surface area contributed by atoms with E-state index in [-0.39, 0.29) is 0 Å². The van der Waals surface area contributed by atoms with Gasteiger partial charge in [0.1, 0.15) is 6.20 Å². The fourth-order valence-electron chi connectivity index (χ4n) is 3.30. The molecule has 0 aliphatic heterocycles. The van der Waals surface area contributed by atoms with E-state index in [1.165, 1.54) is 40.7 Å². The number of hydrogen-bond acceptors (Lipinski definition) is 3. The Bertz CT molecular complexity index is 1230. The zero-order valence-corrected chi connectivity index (χ0v) is 15.0. The van der Waals surface area contributed by atoms with Crippen molar-refractivity contribution in [2.75, 3.05) is 0 Å². The van der Waals surface area contributed by atoms with Crippen LogP contribution in [-0.4, -0.2) is 4.98 Å². The highest BCUT2D eigenvalue weighted by atomic mass is 32.1. The molecule has 0 unspecified atom stereocenters. The number of nitrogens with zero attached hydrogens (tertiary/aromatic N) is 2. The van der Waals surface area contributed by atoms with Crippen LogP contribution in [-0.2, 0) is 7.05 Å². The number of hydrogen-bond donors (Lipinski definition) is 0. The van der Waals surface area contributed by atoms with Crippen LogP contribution in [0, 0.1) is 6.92 Å². The lowest BCUT2D eigenvalue weighted by Gasteiger charge is -2.03. The maximum atomic E-state index is 4.58. The van der Waals surface area contributed by atoms with Gasteiger partial charge in [-0.2, -0.15) is 0 Å². The molecule has 0 aliphatic rings. The Kier molecular flexibility index (Phi) is 2.99. The summed E-state index contributed by atoms with van der Waals surface area (Å²) in [7, 11) is 2.05. The van der Waals surface area contributed by atoms with E-state index >= 15 is 0 Å². The minimum atomic E-state index is 1.01. The van der Waals surface area contributed by atoms with Crippen LogP contribution in [0.25, 0.3) is 41.0 Å². The molecular weight excluding hydrogens is 332 g/mol. The first kappa shape index (κ1) is 14.1. The molecule has 0 amide bonds. The average molecular weight is 347 g/mol. The predicted molar refractivity (Wildman–Crippen MR) is 104 cm³/mol. The van der Waals surface area contributed by atoms with E-state index in [1.807, 2.05) is 48.2 Å². The lowest BCUT2D eigenvalue weighted by molar-refractivity contribution is -0.663. The van der Waals surface area contributed by atoms with Gasteiger partial charge in [-0.25, -0.2) is 4.57 Å². The Labute approximate surface area is 147 Å². The maximum Gasteiger partial charge on any atom is 0.330 e. The molecule has 0 aliphatic carbocycles. The minimum absolute atomic E-state index is 1.01. The van der Waals surface area contributed by atoms with Crippen molar-refractivity contribution in [2.45, 2.75) is 6.92 Å². The van der Waals surface area contributed by atoms with E-state index in [9.17, 15) is 0 Å².